The van der Waals surface area contributed by atoms with Crippen molar-refractivity contribution in [1.29, 1.82) is 0 Å². The van der Waals surface area contributed by atoms with Crippen LogP contribution in [-0.4, -0.2) is 75.8 Å². The van der Waals surface area contributed by atoms with E-state index in [9.17, 15) is 28.8 Å². The number of ether oxygens (including phenoxy) is 3. The van der Waals surface area contributed by atoms with Crippen molar-refractivity contribution >= 4 is 144 Å². The molecule has 3 amide bonds. The lowest BCUT2D eigenvalue weighted by Crippen LogP contribution is -2.25. The molecule has 0 aliphatic carbocycles. The van der Waals surface area contributed by atoms with E-state index in [0.717, 1.165) is 0 Å². The van der Waals surface area contributed by atoms with Gasteiger partial charge in [-0.2, -0.15) is 0 Å². The fourth-order valence-electron chi connectivity index (χ4n) is 3.14. The Kier molecular flexibility index (Phi) is 23.1. The van der Waals surface area contributed by atoms with Gasteiger partial charge in [0.15, 0.2) is 0 Å². The van der Waals surface area contributed by atoms with Gasteiger partial charge in [-0.3, -0.25) is 30.3 Å². The second-order valence-electron chi connectivity index (χ2n) is 9.09. The summed E-state index contributed by atoms with van der Waals surface area (Å²) < 4.78 is 14.3. The van der Waals surface area contributed by atoms with E-state index < -0.39 is 44.9 Å². The van der Waals surface area contributed by atoms with Crippen molar-refractivity contribution < 1.29 is 43.0 Å². The van der Waals surface area contributed by atoms with Crippen molar-refractivity contribution in [2.45, 2.75) is 10.9 Å². The zero-order valence-electron chi connectivity index (χ0n) is 25.8. The van der Waals surface area contributed by atoms with Crippen molar-refractivity contribution in [3.63, 3.8) is 0 Å². The molecule has 3 N–H and O–H groups in total. The van der Waals surface area contributed by atoms with Crippen LogP contribution in [0, 0.1) is 0 Å². The molecule has 0 saturated carbocycles. The first-order valence-electron chi connectivity index (χ1n) is 13.9. The number of amides is 3. The van der Waals surface area contributed by atoms with Crippen molar-refractivity contribution in [3.05, 3.63) is 89.5 Å². The second-order valence-corrected chi connectivity index (χ2v) is 12.4. The van der Waals surface area contributed by atoms with Crippen LogP contribution in [0.5, 0.6) is 0 Å². The summed E-state index contributed by atoms with van der Waals surface area (Å²) in [6.07, 6.45) is -2.60. The molecule has 0 fully saturated rings. The van der Waals surface area contributed by atoms with Gasteiger partial charge in [0.2, 0.25) is 0 Å². The lowest BCUT2D eigenvalue weighted by molar-refractivity contribution is 0.107. The zero-order chi connectivity index (χ0) is 38.3. The van der Waals surface area contributed by atoms with Crippen molar-refractivity contribution in [2.75, 3.05) is 46.8 Å². The van der Waals surface area contributed by atoms with E-state index in [1.807, 2.05) is 0 Å². The monoisotopic (exact) mass is 865 g/mol. The van der Waals surface area contributed by atoms with Gasteiger partial charge in [0.05, 0.1) is 17.6 Å². The van der Waals surface area contributed by atoms with E-state index in [0.29, 0.717) is 22.6 Å². The van der Waals surface area contributed by atoms with Crippen LogP contribution in [0.25, 0.3) is 0 Å². The molecular weight excluding hydrogens is 842 g/mol. The maximum Gasteiger partial charge on any atom is 0.411 e. The zero-order valence-corrected chi connectivity index (χ0v) is 31.9. The van der Waals surface area contributed by atoms with Crippen molar-refractivity contribution in [3.8, 4) is 0 Å². The highest BCUT2D eigenvalue weighted by molar-refractivity contribution is 6.68. The molecule has 0 bridgehead atoms. The second kappa shape index (κ2) is 25.7. The van der Waals surface area contributed by atoms with Crippen LogP contribution in [0.3, 0.4) is 0 Å². The van der Waals surface area contributed by atoms with Crippen LogP contribution in [0.4, 0.5) is 31.4 Å². The summed E-state index contributed by atoms with van der Waals surface area (Å²) in [5, 5.41) is 5.49. The molecule has 0 aliphatic heterocycles. The maximum atomic E-state index is 11.5. The average Bonchev–Trinajstić information content (AvgIpc) is 3.09. The highest BCUT2D eigenvalue weighted by Gasteiger charge is 2.13. The Bertz CT molecular complexity index is 1630. The Morgan fingerprint density at radius 2 is 0.941 bits per heavy atom. The average molecular weight is 869 g/mol. The minimum Gasteiger partial charge on any atom is -0.448 e. The van der Waals surface area contributed by atoms with Crippen LogP contribution < -0.4 is 16.0 Å². The van der Waals surface area contributed by atoms with Crippen LogP contribution in [0.1, 0.15) is 31.1 Å². The number of carbonyl (C=O) groups is 6. The van der Waals surface area contributed by atoms with Gasteiger partial charge in [-0.1, -0.05) is 18.2 Å². The molecule has 3 aromatic rings. The first-order valence-corrected chi connectivity index (χ1v) is 17.5. The highest BCUT2D eigenvalue weighted by atomic mass is 35.5. The van der Waals surface area contributed by atoms with Gasteiger partial charge in [0, 0.05) is 33.8 Å². The van der Waals surface area contributed by atoms with Gasteiger partial charge >= 0.3 is 18.3 Å². The number of hydrogen-bond acceptors (Lipinski definition) is 9. The molecule has 0 aliphatic rings. The number of anilines is 3. The first-order chi connectivity index (χ1) is 24.2. The molecule has 3 rings (SSSR count). The lowest BCUT2D eigenvalue weighted by atomic mass is 10.2. The van der Waals surface area contributed by atoms with Gasteiger partial charge in [-0.15, -0.1) is 58.0 Å². The summed E-state index contributed by atoms with van der Waals surface area (Å²) >= 11 is 43.1. The molecule has 20 heteroatoms. The minimum atomic E-state index is -0.781. The molecule has 0 atom stereocenters. The third-order valence-corrected chi connectivity index (χ3v) is 7.03. The fraction of sp³-hybridized carbons (Fsp3) is 0.226. The molecule has 0 radical (unpaired) electrons. The summed E-state index contributed by atoms with van der Waals surface area (Å²) in [4.78, 5) is 65.7. The minimum absolute atomic E-state index is 0.108. The third-order valence-electron chi connectivity index (χ3n) is 5.28. The number of halogens is 8. The number of benzene rings is 3. The molecular formula is C31H27Cl8N3O9. The van der Waals surface area contributed by atoms with E-state index in [1.54, 1.807) is 42.5 Å². The molecule has 0 saturated heterocycles. The van der Waals surface area contributed by atoms with Gasteiger partial charge in [0.1, 0.15) is 24.2 Å². The molecule has 0 unspecified atom stereocenters. The molecule has 0 aromatic heterocycles. The normalized spacial score (nSPS) is 10.0. The van der Waals surface area contributed by atoms with Crippen molar-refractivity contribution in [1.82, 2.24) is 0 Å². The predicted octanol–water partition coefficient (Wildman–Crippen LogP) is 9.73. The van der Waals surface area contributed by atoms with Gasteiger partial charge < -0.3 is 14.2 Å². The smallest absolute Gasteiger partial charge is 0.411 e. The Hall–Kier alpha value is -3.20. The standard InChI is InChI=1S/C11H10Cl3NO3.C10H8Cl3NO3.C10H9Cl2NO3/c12-5-9(6-13)18-11(17)15-8-3-1-2-7(4-8)10(14)16;11-8(12)5-17-10(16)14-7-3-1-2-6(4-7)9(13)15;11-4-5-16-10(15)13-8-3-1-2-7(6-8)9(12)14/h1-4,9H,5-6H2,(H,15,17);1-4,8H,5H2,(H,14,16);1-3,6H,4-5H2,(H,13,15). The lowest BCUT2D eigenvalue weighted by Gasteiger charge is -2.13. The molecule has 3 aromatic carbocycles. The summed E-state index contributed by atoms with van der Waals surface area (Å²) in [6, 6.07) is 18.5. The molecule has 276 valence electrons. The number of rotatable bonds is 13. The number of nitrogens with one attached hydrogen (secondary N) is 3. The predicted molar refractivity (Wildman–Crippen MR) is 201 cm³/mol. The Morgan fingerprint density at radius 3 is 1.27 bits per heavy atom. The van der Waals surface area contributed by atoms with Gasteiger partial charge in [0.25, 0.3) is 15.7 Å². The van der Waals surface area contributed by atoms with Crippen LogP contribution in [0.2, 0.25) is 0 Å². The Balaban J connectivity index is 0.000000383. The fourth-order valence-corrected chi connectivity index (χ4v) is 4.15. The topological polar surface area (TPSA) is 166 Å². The summed E-state index contributed by atoms with van der Waals surface area (Å²) in [6.45, 7) is 0.00455. The maximum absolute atomic E-state index is 11.5. The van der Waals surface area contributed by atoms with Crippen LogP contribution in [0.15, 0.2) is 72.8 Å². The molecule has 51 heavy (non-hydrogen) atoms. The summed E-state index contributed by atoms with van der Waals surface area (Å²) in [5.74, 6) is 0.446. The Labute approximate surface area is 332 Å². The largest absolute Gasteiger partial charge is 0.448 e. The van der Waals surface area contributed by atoms with Gasteiger partial charge in [-0.05, 0) is 89.4 Å². The quantitative estimate of drug-likeness (QED) is 0.0861. The molecule has 0 spiro atoms. The molecule has 12 nitrogen and oxygen atoms in total. The van der Waals surface area contributed by atoms with Crippen molar-refractivity contribution in [2.24, 2.45) is 0 Å². The first kappa shape index (κ1) is 45.8. The Morgan fingerprint density at radius 1 is 0.569 bits per heavy atom. The molecule has 0 heterocycles. The number of alkyl halides is 5. The van der Waals surface area contributed by atoms with Crippen LogP contribution >= 0.6 is 92.8 Å². The van der Waals surface area contributed by atoms with E-state index in [2.05, 4.69) is 20.7 Å². The summed E-state index contributed by atoms with van der Waals surface area (Å²) in [5.41, 5.74) is 2.08. The van der Waals surface area contributed by atoms with E-state index in [-0.39, 0.29) is 42.0 Å². The SMILES string of the molecule is O=C(Nc1cccc(C(=O)Cl)c1)OC(CCl)CCl.O=C(Nc1cccc(C(=O)Cl)c1)OCC(Cl)Cl.O=C(Nc1cccc(C(=O)Cl)c1)OCCCl. The highest BCUT2D eigenvalue weighted by Crippen LogP contribution is 2.15. The number of hydrogen-bond donors (Lipinski definition) is 3. The number of carbonyl (C=O) groups excluding carboxylic acids is 6. The van der Waals surface area contributed by atoms with E-state index >= 15 is 0 Å². The third kappa shape index (κ3) is 20.4. The van der Waals surface area contributed by atoms with E-state index in [4.69, 9.17) is 102 Å². The van der Waals surface area contributed by atoms with Gasteiger partial charge in [-0.25, -0.2) is 14.4 Å². The van der Waals surface area contributed by atoms with E-state index in [1.165, 1.54) is 30.3 Å². The summed E-state index contributed by atoms with van der Waals surface area (Å²) in [7, 11) is 0. The van der Waals surface area contributed by atoms with Crippen LogP contribution in [-0.2, 0) is 14.2 Å².